The van der Waals surface area contributed by atoms with E-state index in [0.717, 1.165) is 27.0 Å². The van der Waals surface area contributed by atoms with Crippen molar-refractivity contribution in [2.75, 3.05) is 0 Å². The first-order valence-corrected chi connectivity index (χ1v) is 7.70. The summed E-state index contributed by atoms with van der Waals surface area (Å²) in [7, 11) is 0. The molecule has 0 saturated heterocycles. The van der Waals surface area contributed by atoms with Gasteiger partial charge in [-0.05, 0) is 54.1 Å². The first-order valence-electron chi connectivity index (χ1n) is 6.88. The number of aromatic nitrogens is 2. The lowest BCUT2D eigenvalue weighted by atomic mass is 10.0. The molecule has 0 fully saturated rings. The normalized spacial score (nSPS) is 11.0. The summed E-state index contributed by atoms with van der Waals surface area (Å²) in [5, 5.41) is 3.20. The zero-order valence-electron chi connectivity index (χ0n) is 12.1. The highest BCUT2D eigenvalue weighted by Gasteiger charge is 2.08. The van der Waals surface area contributed by atoms with E-state index in [2.05, 4.69) is 40.3 Å². The Balaban J connectivity index is 2.09. The van der Waals surface area contributed by atoms with E-state index in [1.165, 1.54) is 10.8 Å². The second kappa shape index (κ2) is 5.84. The van der Waals surface area contributed by atoms with Crippen LogP contribution in [-0.2, 0) is 6.54 Å². The molecule has 3 nitrogen and oxygen atoms in total. The molecule has 0 amide bonds. The van der Waals surface area contributed by atoms with Gasteiger partial charge in [-0.1, -0.05) is 30.3 Å². The van der Waals surface area contributed by atoms with Gasteiger partial charge in [0.25, 0.3) is 0 Å². The molecule has 4 heteroatoms. The van der Waals surface area contributed by atoms with E-state index >= 15 is 0 Å². The van der Waals surface area contributed by atoms with E-state index in [0.29, 0.717) is 6.54 Å². The van der Waals surface area contributed by atoms with E-state index < -0.39 is 0 Å². The number of nitrogens with zero attached hydrogens (tertiary/aromatic N) is 2. The van der Waals surface area contributed by atoms with Crippen molar-refractivity contribution >= 4 is 22.5 Å². The molecule has 21 heavy (non-hydrogen) atoms. The fourth-order valence-electron chi connectivity index (χ4n) is 2.44. The molecule has 2 N–H and O–H groups in total. The Morgan fingerprint density at radius 1 is 0.952 bits per heavy atom. The summed E-state index contributed by atoms with van der Waals surface area (Å²) in [5.41, 5.74) is 8.98. The van der Waals surface area contributed by atoms with Crippen LogP contribution in [0.4, 0.5) is 0 Å². The lowest BCUT2D eigenvalue weighted by Gasteiger charge is -2.09. The molecule has 0 radical (unpaired) electrons. The number of benzene rings is 2. The molecule has 1 heterocycles. The van der Waals surface area contributed by atoms with Crippen molar-refractivity contribution in [1.82, 2.24) is 9.97 Å². The van der Waals surface area contributed by atoms with Crippen molar-refractivity contribution in [3.63, 3.8) is 0 Å². The highest BCUT2D eigenvalue weighted by molar-refractivity contribution is 7.99. The van der Waals surface area contributed by atoms with Crippen molar-refractivity contribution in [1.29, 1.82) is 0 Å². The summed E-state index contributed by atoms with van der Waals surface area (Å²) >= 11 is 1.60. The topological polar surface area (TPSA) is 51.8 Å². The van der Waals surface area contributed by atoms with Crippen molar-refractivity contribution in [3.05, 3.63) is 59.4 Å². The van der Waals surface area contributed by atoms with Crippen molar-refractivity contribution in [2.45, 2.75) is 30.4 Å². The van der Waals surface area contributed by atoms with Gasteiger partial charge in [0, 0.05) is 22.8 Å². The van der Waals surface area contributed by atoms with Crippen molar-refractivity contribution in [2.24, 2.45) is 5.73 Å². The highest BCUT2D eigenvalue weighted by Crippen LogP contribution is 2.33. The highest BCUT2D eigenvalue weighted by atomic mass is 32.2. The van der Waals surface area contributed by atoms with Crippen molar-refractivity contribution < 1.29 is 0 Å². The van der Waals surface area contributed by atoms with Gasteiger partial charge in [-0.2, -0.15) is 0 Å². The molecule has 3 aromatic rings. The van der Waals surface area contributed by atoms with Crippen LogP contribution in [0.3, 0.4) is 0 Å². The monoisotopic (exact) mass is 295 g/mol. The fraction of sp³-hybridized carbons (Fsp3) is 0.176. The SMILES string of the molecule is Cc1cc(C)nc(Sc2ccc(CN)c3ccccc23)n1. The second-order valence-corrected chi connectivity index (χ2v) is 6.02. The zero-order chi connectivity index (χ0) is 14.8. The maximum absolute atomic E-state index is 5.83. The standard InChI is InChI=1S/C17H17N3S/c1-11-9-12(2)20-17(19-11)21-16-8-7-13(10-18)14-5-3-4-6-15(14)16/h3-9H,10,18H2,1-2H3. The van der Waals surface area contributed by atoms with Gasteiger partial charge in [0.1, 0.15) is 0 Å². The van der Waals surface area contributed by atoms with Crippen LogP contribution in [0.15, 0.2) is 52.5 Å². The molecule has 0 bridgehead atoms. The fourth-order valence-corrected chi connectivity index (χ4v) is 3.44. The van der Waals surface area contributed by atoms with E-state index in [-0.39, 0.29) is 0 Å². The van der Waals surface area contributed by atoms with E-state index in [1.54, 1.807) is 11.8 Å². The Bertz CT molecular complexity index is 779. The molecule has 0 aliphatic heterocycles. The van der Waals surface area contributed by atoms with E-state index in [4.69, 9.17) is 5.73 Å². The molecule has 0 atom stereocenters. The van der Waals surface area contributed by atoms with E-state index in [1.807, 2.05) is 26.0 Å². The molecule has 0 unspecified atom stereocenters. The van der Waals surface area contributed by atoms with Gasteiger partial charge in [0.2, 0.25) is 0 Å². The average Bonchev–Trinajstić information content (AvgIpc) is 2.46. The number of hydrogen-bond acceptors (Lipinski definition) is 4. The summed E-state index contributed by atoms with van der Waals surface area (Å²) in [6.07, 6.45) is 0. The summed E-state index contributed by atoms with van der Waals surface area (Å²) in [6, 6.07) is 14.5. The van der Waals surface area contributed by atoms with Crippen LogP contribution in [0, 0.1) is 13.8 Å². The molecule has 0 aliphatic rings. The smallest absolute Gasteiger partial charge is 0.192 e. The number of fused-ring (bicyclic) bond motifs is 1. The maximum Gasteiger partial charge on any atom is 0.192 e. The molecule has 3 rings (SSSR count). The third-order valence-corrected chi connectivity index (χ3v) is 4.30. The van der Waals surface area contributed by atoms with Crippen LogP contribution in [0.2, 0.25) is 0 Å². The number of hydrogen-bond donors (Lipinski definition) is 1. The molecule has 0 spiro atoms. The van der Waals surface area contributed by atoms with Gasteiger partial charge in [0.05, 0.1) is 0 Å². The second-order valence-electron chi connectivity index (χ2n) is 5.01. The van der Waals surface area contributed by atoms with Gasteiger partial charge in [-0.15, -0.1) is 0 Å². The Hall–Kier alpha value is -1.91. The van der Waals surface area contributed by atoms with Crippen LogP contribution < -0.4 is 5.73 Å². The van der Waals surface area contributed by atoms with Crippen LogP contribution in [0.5, 0.6) is 0 Å². The Kier molecular flexibility index (Phi) is 3.90. The van der Waals surface area contributed by atoms with Gasteiger partial charge < -0.3 is 5.73 Å². The van der Waals surface area contributed by atoms with Crippen molar-refractivity contribution in [3.8, 4) is 0 Å². The molecule has 0 aliphatic carbocycles. The number of nitrogens with two attached hydrogens (primary N) is 1. The van der Waals surface area contributed by atoms with Gasteiger partial charge in [-0.25, -0.2) is 9.97 Å². The zero-order valence-corrected chi connectivity index (χ0v) is 12.9. The van der Waals surface area contributed by atoms with Crippen LogP contribution in [0.25, 0.3) is 10.8 Å². The Morgan fingerprint density at radius 3 is 2.29 bits per heavy atom. The summed E-state index contributed by atoms with van der Waals surface area (Å²) in [5.74, 6) is 0. The third-order valence-electron chi connectivity index (χ3n) is 3.36. The third kappa shape index (κ3) is 2.91. The average molecular weight is 295 g/mol. The lowest BCUT2D eigenvalue weighted by molar-refractivity contribution is 0.902. The van der Waals surface area contributed by atoms with Gasteiger partial charge >= 0.3 is 0 Å². The Labute approximate surface area is 128 Å². The quantitative estimate of drug-likeness (QED) is 0.746. The predicted octanol–water partition coefficient (Wildman–Crippen LogP) is 3.86. The van der Waals surface area contributed by atoms with Crippen LogP contribution in [0.1, 0.15) is 17.0 Å². The molecule has 0 saturated carbocycles. The molecular formula is C17H17N3S. The Morgan fingerprint density at radius 2 is 1.62 bits per heavy atom. The van der Waals surface area contributed by atoms with Crippen LogP contribution in [-0.4, -0.2) is 9.97 Å². The number of aryl methyl sites for hydroxylation is 2. The van der Waals surface area contributed by atoms with Gasteiger partial charge in [-0.3, -0.25) is 0 Å². The molecule has 2 aromatic carbocycles. The lowest BCUT2D eigenvalue weighted by Crippen LogP contribution is -1.98. The minimum Gasteiger partial charge on any atom is -0.326 e. The molecule has 106 valence electrons. The molecular weight excluding hydrogens is 278 g/mol. The first kappa shape index (κ1) is 14.0. The summed E-state index contributed by atoms with van der Waals surface area (Å²) in [4.78, 5) is 10.2. The summed E-state index contributed by atoms with van der Waals surface area (Å²) in [6.45, 7) is 4.54. The largest absolute Gasteiger partial charge is 0.326 e. The van der Waals surface area contributed by atoms with E-state index in [9.17, 15) is 0 Å². The minimum atomic E-state index is 0.547. The van der Waals surface area contributed by atoms with Gasteiger partial charge in [0.15, 0.2) is 5.16 Å². The number of rotatable bonds is 3. The summed E-state index contributed by atoms with van der Waals surface area (Å²) < 4.78 is 0. The molecule has 1 aromatic heterocycles. The maximum atomic E-state index is 5.83. The minimum absolute atomic E-state index is 0.547. The predicted molar refractivity (Wildman–Crippen MR) is 87.5 cm³/mol. The first-order chi connectivity index (χ1) is 10.2. The van der Waals surface area contributed by atoms with Crippen LogP contribution >= 0.6 is 11.8 Å².